The largest absolute Gasteiger partial charge is 0.399 e. The average Bonchev–Trinajstić information content (AvgIpc) is 2.39. The normalized spacial score (nSPS) is 11.4. The summed E-state index contributed by atoms with van der Waals surface area (Å²) in [5, 5.41) is 8.39. The number of nitrogens with zero attached hydrogens (tertiary/aromatic N) is 1. The van der Waals surface area contributed by atoms with E-state index < -0.39 is 10.0 Å². The monoisotopic (exact) mass is 306 g/mol. The highest BCUT2D eigenvalue weighted by Gasteiger charge is 2.15. The Balaban J connectivity index is 2.33. The molecule has 1 aromatic carbocycles. The lowest BCUT2D eigenvalue weighted by Gasteiger charge is -2.14. The molecule has 5 N–H and O–H groups in total. The molecule has 0 spiro atoms. The van der Waals surface area contributed by atoms with Crippen LogP contribution >= 0.6 is 0 Å². The highest BCUT2D eigenvalue weighted by atomic mass is 32.2. The second-order valence-electron chi connectivity index (χ2n) is 4.89. The molecule has 7 heteroatoms. The number of benzene rings is 1. The average molecular weight is 306 g/mol. The zero-order valence-corrected chi connectivity index (χ0v) is 12.7. The first kappa shape index (κ1) is 15.3. The van der Waals surface area contributed by atoms with Crippen LogP contribution < -0.4 is 16.2 Å². The third-order valence-electron chi connectivity index (χ3n) is 3.31. The minimum atomic E-state index is -3.80. The van der Waals surface area contributed by atoms with Crippen molar-refractivity contribution < 1.29 is 8.42 Å². The van der Waals surface area contributed by atoms with Crippen molar-refractivity contribution in [3.05, 3.63) is 47.3 Å². The molecule has 0 unspecified atom stereocenters. The number of primary sulfonamides is 1. The van der Waals surface area contributed by atoms with Crippen LogP contribution in [0.3, 0.4) is 0 Å². The van der Waals surface area contributed by atoms with Gasteiger partial charge in [-0.15, -0.1) is 0 Å². The molecule has 0 atom stereocenters. The van der Waals surface area contributed by atoms with Crippen molar-refractivity contribution in [3.63, 3.8) is 0 Å². The minimum absolute atomic E-state index is 0.0351. The second-order valence-corrected chi connectivity index (χ2v) is 6.42. The zero-order chi connectivity index (χ0) is 15.6. The van der Waals surface area contributed by atoms with Gasteiger partial charge in [0.25, 0.3) is 0 Å². The molecule has 0 fully saturated rings. The summed E-state index contributed by atoms with van der Waals surface area (Å²) in [6, 6.07) is 4.97. The van der Waals surface area contributed by atoms with E-state index in [1.54, 1.807) is 25.4 Å². The standard InChI is InChI=1S/C14H18N4O2S/c1-9-3-4-17-7-11(9)8-18-13-5-12(15)6-14(10(13)2)21(16,19)20/h3-7,18H,8,15H2,1-2H3,(H2,16,19,20). The van der Waals surface area contributed by atoms with Crippen molar-refractivity contribution in [2.45, 2.75) is 25.3 Å². The smallest absolute Gasteiger partial charge is 0.238 e. The van der Waals surface area contributed by atoms with E-state index in [0.717, 1.165) is 11.1 Å². The lowest BCUT2D eigenvalue weighted by atomic mass is 10.1. The third kappa shape index (κ3) is 3.50. The topological polar surface area (TPSA) is 111 Å². The summed E-state index contributed by atoms with van der Waals surface area (Å²) >= 11 is 0. The lowest BCUT2D eigenvalue weighted by Crippen LogP contribution is -2.15. The van der Waals surface area contributed by atoms with Crippen molar-refractivity contribution in [2.24, 2.45) is 5.14 Å². The summed E-state index contributed by atoms with van der Waals surface area (Å²) in [6.45, 7) is 4.20. The number of nitrogen functional groups attached to an aromatic ring is 1. The maximum absolute atomic E-state index is 11.6. The number of pyridine rings is 1. The fourth-order valence-corrected chi connectivity index (χ4v) is 2.90. The molecule has 0 radical (unpaired) electrons. The lowest BCUT2D eigenvalue weighted by molar-refractivity contribution is 0.597. The van der Waals surface area contributed by atoms with Crippen LogP contribution in [0.15, 0.2) is 35.5 Å². The van der Waals surface area contributed by atoms with E-state index >= 15 is 0 Å². The molecule has 112 valence electrons. The molecule has 1 aromatic heterocycles. The summed E-state index contributed by atoms with van der Waals surface area (Å²) in [6.07, 6.45) is 3.49. The Morgan fingerprint density at radius 3 is 2.62 bits per heavy atom. The van der Waals surface area contributed by atoms with Crippen molar-refractivity contribution >= 4 is 21.4 Å². The van der Waals surface area contributed by atoms with Gasteiger partial charge in [-0.1, -0.05) is 0 Å². The van der Waals surface area contributed by atoms with Crippen LogP contribution in [-0.4, -0.2) is 13.4 Å². The van der Waals surface area contributed by atoms with Gasteiger partial charge in [0.05, 0.1) is 4.90 Å². The molecule has 21 heavy (non-hydrogen) atoms. The zero-order valence-electron chi connectivity index (χ0n) is 11.9. The third-order valence-corrected chi connectivity index (χ3v) is 4.34. The van der Waals surface area contributed by atoms with Crippen molar-refractivity contribution in [1.82, 2.24) is 4.98 Å². The molecule has 2 rings (SSSR count). The van der Waals surface area contributed by atoms with Gasteiger partial charge in [0.1, 0.15) is 0 Å². The summed E-state index contributed by atoms with van der Waals surface area (Å²) in [7, 11) is -3.80. The van der Waals surface area contributed by atoms with E-state index in [1.807, 2.05) is 13.0 Å². The van der Waals surface area contributed by atoms with E-state index in [2.05, 4.69) is 10.3 Å². The van der Waals surface area contributed by atoms with Crippen LogP contribution in [0.5, 0.6) is 0 Å². The Hall–Kier alpha value is -2.12. The number of rotatable bonds is 4. The van der Waals surface area contributed by atoms with Crippen molar-refractivity contribution in [3.8, 4) is 0 Å². The molecular weight excluding hydrogens is 288 g/mol. The summed E-state index contributed by atoms with van der Waals surface area (Å²) < 4.78 is 23.1. The van der Waals surface area contributed by atoms with E-state index in [-0.39, 0.29) is 4.90 Å². The maximum atomic E-state index is 11.6. The van der Waals surface area contributed by atoms with Crippen LogP contribution in [0.25, 0.3) is 0 Å². The maximum Gasteiger partial charge on any atom is 0.238 e. The van der Waals surface area contributed by atoms with Gasteiger partial charge in [-0.05, 0) is 48.7 Å². The van der Waals surface area contributed by atoms with Crippen molar-refractivity contribution in [1.29, 1.82) is 0 Å². The highest BCUT2D eigenvalue weighted by Crippen LogP contribution is 2.26. The Labute approximate surface area is 124 Å². The number of nitrogens with one attached hydrogen (secondary N) is 1. The van der Waals surface area contributed by atoms with E-state index in [9.17, 15) is 8.42 Å². The number of aromatic nitrogens is 1. The number of anilines is 2. The van der Waals surface area contributed by atoms with Crippen LogP contribution in [0, 0.1) is 13.8 Å². The molecule has 0 aliphatic heterocycles. The SMILES string of the molecule is Cc1ccncc1CNc1cc(N)cc(S(N)(=O)=O)c1C. The molecular formula is C14H18N4O2S. The fraction of sp³-hybridized carbons (Fsp3) is 0.214. The van der Waals surface area contributed by atoms with E-state index in [1.165, 1.54) is 6.07 Å². The first-order valence-corrected chi connectivity index (χ1v) is 7.90. The summed E-state index contributed by atoms with van der Waals surface area (Å²) in [5.41, 5.74) is 9.41. The Morgan fingerprint density at radius 2 is 2.00 bits per heavy atom. The van der Waals surface area contributed by atoms with Gasteiger partial charge in [0.2, 0.25) is 10.0 Å². The molecule has 0 aliphatic rings. The number of hydrogen-bond donors (Lipinski definition) is 3. The van der Waals surface area contributed by atoms with Crippen molar-refractivity contribution in [2.75, 3.05) is 11.1 Å². The van der Waals surface area contributed by atoms with Crippen LogP contribution in [0.2, 0.25) is 0 Å². The van der Waals surface area contributed by atoms with Crippen LogP contribution in [0.1, 0.15) is 16.7 Å². The molecule has 0 saturated heterocycles. The predicted octanol–water partition coefficient (Wildman–Crippen LogP) is 1.54. The Kier molecular flexibility index (Phi) is 4.15. The summed E-state index contributed by atoms with van der Waals surface area (Å²) in [4.78, 5) is 4.11. The van der Waals surface area contributed by atoms with Crippen LogP contribution in [0.4, 0.5) is 11.4 Å². The molecule has 0 bridgehead atoms. The molecule has 6 nitrogen and oxygen atoms in total. The van der Waals surface area contributed by atoms with Gasteiger partial charge < -0.3 is 11.1 Å². The quantitative estimate of drug-likeness (QED) is 0.742. The minimum Gasteiger partial charge on any atom is -0.399 e. The molecule has 2 aromatic rings. The number of aryl methyl sites for hydroxylation is 1. The van der Waals surface area contributed by atoms with Gasteiger partial charge in [0, 0.05) is 30.3 Å². The van der Waals surface area contributed by atoms with Gasteiger partial charge in [-0.3, -0.25) is 4.98 Å². The number of sulfonamides is 1. The molecule has 0 amide bonds. The fourth-order valence-electron chi connectivity index (χ4n) is 2.06. The predicted molar refractivity (Wildman–Crippen MR) is 83.3 cm³/mol. The van der Waals surface area contributed by atoms with Gasteiger partial charge in [0.15, 0.2) is 0 Å². The Morgan fingerprint density at radius 1 is 1.29 bits per heavy atom. The first-order chi connectivity index (χ1) is 9.79. The highest BCUT2D eigenvalue weighted by molar-refractivity contribution is 7.89. The van der Waals surface area contributed by atoms with Gasteiger partial charge in [-0.25, -0.2) is 13.6 Å². The Bertz CT molecular complexity index is 773. The van der Waals surface area contributed by atoms with Gasteiger partial charge in [-0.2, -0.15) is 0 Å². The van der Waals surface area contributed by atoms with E-state index in [4.69, 9.17) is 10.9 Å². The molecule has 0 aliphatic carbocycles. The molecule has 0 saturated carbocycles. The molecule has 1 heterocycles. The number of hydrogen-bond acceptors (Lipinski definition) is 5. The van der Waals surface area contributed by atoms with E-state index in [0.29, 0.717) is 23.5 Å². The second kappa shape index (κ2) is 5.71. The van der Waals surface area contributed by atoms with Gasteiger partial charge >= 0.3 is 0 Å². The first-order valence-electron chi connectivity index (χ1n) is 6.35. The number of nitrogens with two attached hydrogens (primary N) is 2. The summed E-state index contributed by atoms with van der Waals surface area (Å²) in [5.74, 6) is 0. The van der Waals surface area contributed by atoms with Crippen LogP contribution in [-0.2, 0) is 16.6 Å².